The number of alkyl carbamates (subject to hydrolysis) is 1. The summed E-state index contributed by atoms with van der Waals surface area (Å²) in [6.45, 7) is 7.73. The molecule has 0 fully saturated rings. The number of aromatic nitrogens is 2. The highest BCUT2D eigenvalue weighted by Gasteiger charge is 2.15. The lowest BCUT2D eigenvalue weighted by Gasteiger charge is -2.19. The average molecular weight is 362 g/mol. The number of hydrogen-bond donors (Lipinski definition) is 2. The first kappa shape index (κ1) is 18.9. The van der Waals surface area contributed by atoms with Crippen molar-refractivity contribution in [1.29, 1.82) is 0 Å². The van der Waals surface area contributed by atoms with E-state index in [1.165, 1.54) is 11.3 Å². The van der Waals surface area contributed by atoms with Gasteiger partial charge in [0.25, 0.3) is 5.91 Å². The van der Waals surface area contributed by atoms with E-state index in [1.807, 2.05) is 6.92 Å². The van der Waals surface area contributed by atoms with Gasteiger partial charge in [-0.1, -0.05) is 30.4 Å². The van der Waals surface area contributed by atoms with Crippen LogP contribution >= 0.6 is 11.3 Å². The molecule has 134 valence electrons. The predicted molar refractivity (Wildman–Crippen MR) is 96.8 cm³/mol. The zero-order chi connectivity index (χ0) is 18.4. The Kier molecular flexibility index (Phi) is 6.08. The summed E-state index contributed by atoms with van der Waals surface area (Å²) >= 11 is 1.36. The summed E-state index contributed by atoms with van der Waals surface area (Å²) in [5, 5.41) is 14.6. The Morgan fingerprint density at radius 1 is 1.16 bits per heavy atom. The van der Waals surface area contributed by atoms with Crippen LogP contribution in [0.4, 0.5) is 9.93 Å². The highest BCUT2D eigenvalue weighted by molar-refractivity contribution is 7.15. The molecule has 2 amide bonds. The lowest BCUT2D eigenvalue weighted by molar-refractivity contribution is 0.0523. The Morgan fingerprint density at radius 3 is 2.40 bits per heavy atom. The van der Waals surface area contributed by atoms with Gasteiger partial charge < -0.3 is 10.1 Å². The highest BCUT2D eigenvalue weighted by atomic mass is 32.1. The van der Waals surface area contributed by atoms with E-state index in [0.29, 0.717) is 17.2 Å². The molecule has 0 spiro atoms. The van der Waals surface area contributed by atoms with Gasteiger partial charge in [0.05, 0.1) is 0 Å². The van der Waals surface area contributed by atoms with Crippen LogP contribution in [0.25, 0.3) is 0 Å². The van der Waals surface area contributed by atoms with Crippen molar-refractivity contribution < 1.29 is 14.3 Å². The minimum Gasteiger partial charge on any atom is -0.444 e. The van der Waals surface area contributed by atoms with Gasteiger partial charge in [-0.2, -0.15) is 0 Å². The van der Waals surface area contributed by atoms with Crippen LogP contribution in [0.1, 0.15) is 48.6 Å². The number of carbonyl (C=O) groups is 2. The first-order valence-corrected chi connectivity index (χ1v) is 8.78. The molecule has 0 saturated carbocycles. The fraction of sp³-hybridized carbons (Fsp3) is 0.412. The van der Waals surface area contributed by atoms with Crippen molar-refractivity contribution in [2.75, 3.05) is 5.32 Å². The van der Waals surface area contributed by atoms with Crippen molar-refractivity contribution in [2.24, 2.45) is 0 Å². The minimum absolute atomic E-state index is 0.245. The molecule has 0 atom stereocenters. The molecule has 0 bridgehead atoms. The molecule has 2 aromatic rings. The Morgan fingerprint density at radius 2 is 1.84 bits per heavy atom. The normalized spacial score (nSPS) is 11.0. The van der Waals surface area contributed by atoms with Crippen LogP contribution < -0.4 is 10.6 Å². The van der Waals surface area contributed by atoms with Gasteiger partial charge in [-0.25, -0.2) is 4.79 Å². The van der Waals surface area contributed by atoms with E-state index in [9.17, 15) is 9.59 Å². The second-order valence-electron chi connectivity index (χ2n) is 6.36. The quantitative estimate of drug-likeness (QED) is 0.850. The van der Waals surface area contributed by atoms with Gasteiger partial charge >= 0.3 is 6.09 Å². The summed E-state index contributed by atoms with van der Waals surface area (Å²) in [4.78, 5) is 23.8. The minimum atomic E-state index is -0.533. The number of aryl methyl sites for hydroxylation is 1. The molecule has 1 aromatic heterocycles. The Balaban J connectivity index is 1.88. The van der Waals surface area contributed by atoms with E-state index in [-0.39, 0.29) is 5.91 Å². The molecular weight excluding hydrogens is 340 g/mol. The second kappa shape index (κ2) is 8.06. The molecule has 25 heavy (non-hydrogen) atoms. The topological polar surface area (TPSA) is 93.2 Å². The Bertz CT molecular complexity index is 735. The van der Waals surface area contributed by atoms with Crippen LogP contribution in [-0.2, 0) is 17.7 Å². The summed E-state index contributed by atoms with van der Waals surface area (Å²) in [5.41, 5.74) is 0.842. The maximum absolute atomic E-state index is 12.2. The fourth-order valence-electron chi connectivity index (χ4n) is 1.88. The molecule has 2 rings (SSSR count). The number of amides is 2. The van der Waals surface area contributed by atoms with Gasteiger partial charge in [0.1, 0.15) is 10.6 Å². The van der Waals surface area contributed by atoms with Crippen molar-refractivity contribution in [3.63, 3.8) is 0 Å². The van der Waals surface area contributed by atoms with E-state index in [1.54, 1.807) is 45.0 Å². The molecule has 0 aliphatic heterocycles. The first-order valence-electron chi connectivity index (χ1n) is 7.96. The molecule has 2 N–H and O–H groups in total. The van der Waals surface area contributed by atoms with Crippen LogP contribution in [0.2, 0.25) is 0 Å². The van der Waals surface area contributed by atoms with Gasteiger partial charge in [0.15, 0.2) is 0 Å². The second-order valence-corrected chi connectivity index (χ2v) is 7.42. The number of nitrogens with one attached hydrogen (secondary N) is 2. The summed E-state index contributed by atoms with van der Waals surface area (Å²) in [7, 11) is 0. The number of nitrogens with zero attached hydrogens (tertiary/aromatic N) is 2. The van der Waals surface area contributed by atoms with E-state index in [2.05, 4.69) is 20.8 Å². The zero-order valence-corrected chi connectivity index (χ0v) is 15.6. The van der Waals surface area contributed by atoms with Crippen molar-refractivity contribution in [1.82, 2.24) is 15.5 Å². The molecule has 0 radical (unpaired) electrons. The van der Waals surface area contributed by atoms with Gasteiger partial charge in [0.2, 0.25) is 5.13 Å². The van der Waals surface area contributed by atoms with Gasteiger partial charge in [0, 0.05) is 12.1 Å². The zero-order valence-electron chi connectivity index (χ0n) is 14.8. The van der Waals surface area contributed by atoms with Gasteiger partial charge in [-0.05, 0) is 44.9 Å². The Labute approximate surface area is 150 Å². The predicted octanol–water partition coefficient (Wildman–Crippen LogP) is 3.38. The number of ether oxygens (including phenoxy) is 1. The molecule has 8 heteroatoms. The molecule has 0 saturated heterocycles. The SMILES string of the molecule is CCc1nnc(NC(=O)c2ccc(CNC(=O)OC(C)(C)C)cc2)s1. The van der Waals surface area contributed by atoms with Crippen molar-refractivity contribution >= 4 is 28.5 Å². The summed E-state index contributed by atoms with van der Waals surface area (Å²) in [6, 6.07) is 6.96. The molecule has 0 aliphatic carbocycles. The number of hydrogen-bond acceptors (Lipinski definition) is 6. The van der Waals surface area contributed by atoms with Crippen LogP contribution in [0.3, 0.4) is 0 Å². The van der Waals surface area contributed by atoms with E-state index < -0.39 is 11.7 Å². The van der Waals surface area contributed by atoms with Crippen LogP contribution in [0, 0.1) is 0 Å². The number of benzene rings is 1. The number of anilines is 1. The van der Waals surface area contributed by atoms with Crippen molar-refractivity contribution in [2.45, 2.75) is 46.3 Å². The van der Waals surface area contributed by atoms with E-state index >= 15 is 0 Å². The maximum Gasteiger partial charge on any atom is 0.407 e. The van der Waals surface area contributed by atoms with Gasteiger partial charge in [-0.15, -0.1) is 10.2 Å². The molecule has 1 aromatic carbocycles. The molecule has 7 nitrogen and oxygen atoms in total. The third kappa shape index (κ3) is 6.15. The summed E-state index contributed by atoms with van der Waals surface area (Å²) < 4.78 is 5.17. The van der Waals surface area contributed by atoms with Gasteiger partial charge in [-0.3, -0.25) is 10.1 Å². The van der Waals surface area contributed by atoms with Crippen molar-refractivity contribution in [3.05, 3.63) is 40.4 Å². The van der Waals surface area contributed by atoms with Crippen LogP contribution in [0.5, 0.6) is 0 Å². The van der Waals surface area contributed by atoms with E-state index in [0.717, 1.165) is 17.0 Å². The monoisotopic (exact) mass is 362 g/mol. The third-order valence-electron chi connectivity index (χ3n) is 3.04. The summed E-state index contributed by atoms with van der Waals surface area (Å²) in [6.07, 6.45) is 0.310. The smallest absolute Gasteiger partial charge is 0.407 e. The lowest BCUT2D eigenvalue weighted by Crippen LogP contribution is -2.32. The fourth-order valence-corrected chi connectivity index (χ4v) is 2.55. The average Bonchev–Trinajstić information content (AvgIpc) is 2.99. The van der Waals surface area contributed by atoms with Crippen LogP contribution in [-0.4, -0.2) is 27.8 Å². The number of rotatable bonds is 5. The molecular formula is C17H22N4O3S. The molecule has 0 unspecified atom stereocenters. The lowest BCUT2D eigenvalue weighted by atomic mass is 10.1. The third-order valence-corrected chi connectivity index (χ3v) is 4.02. The van der Waals surface area contributed by atoms with Crippen LogP contribution in [0.15, 0.2) is 24.3 Å². The standard InChI is InChI=1S/C17H22N4O3S/c1-5-13-20-21-15(25-13)19-14(22)12-8-6-11(7-9-12)10-18-16(23)24-17(2,3)4/h6-9H,5,10H2,1-4H3,(H,18,23)(H,19,21,22). The first-order chi connectivity index (χ1) is 11.8. The molecule has 0 aliphatic rings. The molecule has 1 heterocycles. The van der Waals surface area contributed by atoms with Crippen molar-refractivity contribution in [3.8, 4) is 0 Å². The summed E-state index contributed by atoms with van der Waals surface area (Å²) in [5.74, 6) is -0.245. The van der Waals surface area contributed by atoms with E-state index in [4.69, 9.17) is 4.74 Å². The highest BCUT2D eigenvalue weighted by Crippen LogP contribution is 2.16. The maximum atomic E-state index is 12.2. The Hall–Kier alpha value is -2.48. The largest absolute Gasteiger partial charge is 0.444 e. The number of carbonyl (C=O) groups excluding carboxylic acids is 2.